The topological polar surface area (TPSA) is 41.5 Å². The van der Waals surface area contributed by atoms with E-state index in [1.54, 1.807) is 0 Å². The van der Waals surface area contributed by atoms with Crippen molar-refractivity contribution in [3.63, 3.8) is 0 Å². The molecule has 0 aliphatic rings. The highest BCUT2D eigenvalue weighted by Gasteiger charge is 1.83. The predicted molar refractivity (Wildman–Crippen MR) is 38.4 cm³/mol. The van der Waals surface area contributed by atoms with Gasteiger partial charge in [-0.15, -0.1) is 0 Å². The smallest absolute Gasteiger partial charge is 0.0935 e. The average Bonchev–Trinajstić information content (AvgIpc) is 1.89. The Hall–Kier alpha value is -0.440. The van der Waals surface area contributed by atoms with Crippen molar-refractivity contribution in [1.82, 2.24) is 5.32 Å². The molecule has 9 heavy (non-hydrogen) atoms. The van der Waals surface area contributed by atoms with E-state index in [9.17, 15) is 4.91 Å². The van der Waals surface area contributed by atoms with Gasteiger partial charge >= 0.3 is 0 Å². The Morgan fingerprint density at radius 3 is 2.78 bits per heavy atom. The zero-order valence-corrected chi connectivity index (χ0v) is 5.89. The molecule has 0 aromatic heterocycles. The molecule has 0 fully saturated rings. The molecule has 0 rings (SSSR count). The number of rotatable bonds is 6. The highest BCUT2D eigenvalue weighted by molar-refractivity contribution is 4.48. The number of nitroso groups, excluding NO2 is 1. The van der Waals surface area contributed by atoms with Crippen molar-refractivity contribution in [2.75, 3.05) is 19.6 Å². The van der Waals surface area contributed by atoms with Crippen LogP contribution in [0.15, 0.2) is 5.18 Å². The van der Waals surface area contributed by atoms with Gasteiger partial charge in [0.05, 0.1) is 6.54 Å². The van der Waals surface area contributed by atoms with Crippen molar-refractivity contribution in [3.8, 4) is 0 Å². The monoisotopic (exact) mass is 130 g/mol. The van der Waals surface area contributed by atoms with Gasteiger partial charge in [-0.2, -0.15) is 4.91 Å². The van der Waals surface area contributed by atoms with Crippen molar-refractivity contribution in [2.24, 2.45) is 5.18 Å². The maximum absolute atomic E-state index is 9.55. The van der Waals surface area contributed by atoms with Gasteiger partial charge in [0, 0.05) is 6.54 Å². The third kappa shape index (κ3) is 7.56. The number of hydrogen-bond donors (Lipinski definition) is 1. The summed E-state index contributed by atoms with van der Waals surface area (Å²) in [6, 6.07) is 0. The summed E-state index contributed by atoms with van der Waals surface area (Å²) in [6.45, 7) is 4.26. The van der Waals surface area contributed by atoms with Crippen molar-refractivity contribution in [1.29, 1.82) is 0 Å². The fraction of sp³-hybridized carbons (Fsp3) is 1.00. The molecule has 0 heterocycles. The first-order chi connectivity index (χ1) is 4.41. The van der Waals surface area contributed by atoms with Crippen molar-refractivity contribution in [2.45, 2.75) is 19.8 Å². The molecule has 0 bridgehead atoms. The van der Waals surface area contributed by atoms with Gasteiger partial charge in [-0.05, 0) is 13.0 Å². The molecule has 1 N–H and O–H groups in total. The summed E-state index contributed by atoms with van der Waals surface area (Å²) >= 11 is 0. The average molecular weight is 130 g/mol. The van der Waals surface area contributed by atoms with Gasteiger partial charge in [-0.25, -0.2) is 0 Å². The minimum Gasteiger partial charge on any atom is -0.315 e. The summed E-state index contributed by atoms with van der Waals surface area (Å²) in [7, 11) is 0. The Morgan fingerprint density at radius 2 is 2.22 bits per heavy atom. The van der Waals surface area contributed by atoms with Gasteiger partial charge in [0.1, 0.15) is 0 Å². The third-order valence-corrected chi connectivity index (χ3v) is 1.09. The van der Waals surface area contributed by atoms with Gasteiger partial charge in [-0.1, -0.05) is 18.5 Å². The molecule has 0 radical (unpaired) electrons. The zero-order valence-electron chi connectivity index (χ0n) is 5.89. The molecule has 0 unspecified atom stereocenters. The standard InChI is InChI=1S/C6H14N2O/c1-2-3-4-7-5-6-8-9/h7H,2-6H2,1H3. The molecular formula is C6H14N2O. The fourth-order valence-corrected chi connectivity index (χ4v) is 0.551. The first-order valence-corrected chi connectivity index (χ1v) is 3.41. The lowest BCUT2D eigenvalue weighted by Gasteiger charge is -1.97. The Balaban J connectivity index is 2.66. The van der Waals surface area contributed by atoms with Gasteiger partial charge in [0.2, 0.25) is 0 Å². The summed E-state index contributed by atoms with van der Waals surface area (Å²) in [6.07, 6.45) is 2.38. The van der Waals surface area contributed by atoms with Crippen molar-refractivity contribution >= 4 is 0 Å². The van der Waals surface area contributed by atoms with Crippen LogP contribution in [0.2, 0.25) is 0 Å². The summed E-state index contributed by atoms with van der Waals surface area (Å²) < 4.78 is 0. The van der Waals surface area contributed by atoms with Crippen LogP contribution in [0.25, 0.3) is 0 Å². The van der Waals surface area contributed by atoms with Crippen LogP contribution >= 0.6 is 0 Å². The Kier molecular flexibility index (Phi) is 7.19. The van der Waals surface area contributed by atoms with Crippen LogP contribution in [0.3, 0.4) is 0 Å². The van der Waals surface area contributed by atoms with E-state index in [2.05, 4.69) is 17.4 Å². The van der Waals surface area contributed by atoms with E-state index in [1.807, 2.05) is 0 Å². The van der Waals surface area contributed by atoms with Crippen LogP contribution in [0, 0.1) is 4.91 Å². The molecule has 0 saturated heterocycles. The molecular weight excluding hydrogens is 116 g/mol. The molecule has 54 valence electrons. The quantitative estimate of drug-likeness (QED) is 0.432. The van der Waals surface area contributed by atoms with Crippen LogP contribution in [0.1, 0.15) is 19.8 Å². The largest absolute Gasteiger partial charge is 0.315 e. The zero-order chi connectivity index (χ0) is 6.95. The summed E-state index contributed by atoms with van der Waals surface area (Å²) in [5, 5.41) is 5.81. The van der Waals surface area contributed by atoms with Gasteiger partial charge in [0.15, 0.2) is 0 Å². The number of unbranched alkanes of at least 4 members (excludes halogenated alkanes) is 1. The van der Waals surface area contributed by atoms with Gasteiger partial charge in [0.25, 0.3) is 0 Å². The molecule has 3 heteroatoms. The molecule has 0 aromatic carbocycles. The molecule has 0 aliphatic carbocycles. The Bertz CT molecular complexity index is 66.1. The van der Waals surface area contributed by atoms with E-state index in [1.165, 1.54) is 12.8 Å². The molecule has 3 nitrogen and oxygen atoms in total. The molecule has 0 saturated carbocycles. The van der Waals surface area contributed by atoms with Crippen molar-refractivity contribution < 1.29 is 0 Å². The predicted octanol–water partition coefficient (Wildman–Crippen LogP) is 1.14. The van der Waals surface area contributed by atoms with E-state index >= 15 is 0 Å². The second-order valence-electron chi connectivity index (χ2n) is 1.96. The molecule has 0 amide bonds. The Labute approximate surface area is 55.8 Å². The van der Waals surface area contributed by atoms with E-state index in [-0.39, 0.29) is 0 Å². The number of hydrogen-bond acceptors (Lipinski definition) is 3. The van der Waals surface area contributed by atoms with Gasteiger partial charge < -0.3 is 5.32 Å². The minimum atomic E-state index is 0.393. The fourth-order valence-electron chi connectivity index (χ4n) is 0.551. The molecule has 0 atom stereocenters. The first kappa shape index (κ1) is 8.56. The normalized spacial score (nSPS) is 9.44. The van der Waals surface area contributed by atoms with Crippen LogP contribution in [-0.4, -0.2) is 19.6 Å². The number of nitrogens with zero attached hydrogens (tertiary/aromatic N) is 1. The second kappa shape index (κ2) is 7.56. The molecule has 0 aliphatic heterocycles. The van der Waals surface area contributed by atoms with E-state index in [0.29, 0.717) is 6.54 Å². The lowest BCUT2D eigenvalue weighted by atomic mass is 10.3. The maximum Gasteiger partial charge on any atom is 0.0935 e. The van der Waals surface area contributed by atoms with Crippen LogP contribution in [-0.2, 0) is 0 Å². The van der Waals surface area contributed by atoms with Crippen LogP contribution < -0.4 is 5.32 Å². The lowest BCUT2D eigenvalue weighted by Crippen LogP contribution is -2.18. The summed E-state index contributed by atoms with van der Waals surface area (Å²) in [5.74, 6) is 0. The highest BCUT2D eigenvalue weighted by Crippen LogP contribution is 1.81. The maximum atomic E-state index is 9.55. The third-order valence-electron chi connectivity index (χ3n) is 1.09. The second-order valence-corrected chi connectivity index (χ2v) is 1.96. The molecule has 0 spiro atoms. The number of nitrogens with one attached hydrogen (secondary N) is 1. The molecule has 0 aromatic rings. The SMILES string of the molecule is CCCCNCCN=O. The first-order valence-electron chi connectivity index (χ1n) is 3.41. The summed E-state index contributed by atoms with van der Waals surface area (Å²) in [4.78, 5) is 9.55. The summed E-state index contributed by atoms with van der Waals surface area (Å²) in [5.41, 5.74) is 0. The van der Waals surface area contributed by atoms with Gasteiger partial charge in [-0.3, -0.25) is 0 Å². The van der Waals surface area contributed by atoms with E-state index in [4.69, 9.17) is 0 Å². The van der Waals surface area contributed by atoms with Crippen LogP contribution in [0.5, 0.6) is 0 Å². The van der Waals surface area contributed by atoms with Crippen LogP contribution in [0.4, 0.5) is 0 Å². The van der Waals surface area contributed by atoms with Crippen molar-refractivity contribution in [3.05, 3.63) is 4.91 Å². The Morgan fingerprint density at radius 1 is 1.44 bits per heavy atom. The highest BCUT2D eigenvalue weighted by atomic mass is 16.3. The van der Waals surface area contributed by atoms with E-state index < -0.39 is 0 Å². The lowest BCUT2D eigenvalue weighted by molar-refractivity contribution is 0.645. The minimum absolute atomic E-state index is 0.393. The van der Waals surface area contributed by atoms with E-state index in [0.717, 1.165) is 13.1 Å².